The molecule has 2 atom stereocenters. The van der Waals surface area contributed by atoms with Crippen LogP contribution in [0.25, 0.3) is 5.69 Å². The van der Waals surface area contributed by atoms with E-state index in [-0.39, 0.29) is 18.3 Å². The lowest BCUT2D eigenvalue weighted by atomic mass is 10.0. The van der Waals surface area contributed by atoms with Crippen LogP contribution in [0.2, 0.25) is 0 Å². The van der Waals surface area contributed by atoms with Crippen molar-refractivity contribution in [1.29, 1.82) is 0 Å². The van der Waals surface area contributed by atoms with Gasteiger partial charge in [-0.05, 0) is 56.0 Å². The highest BCUT2D eigenvalue weighted by atomic mass is 35.5. The quantitative estimate of drug-likeness (QED) is 0.897. The molecule has 6 heteroatoms. The Kier molecular flexibility index (Phi) is 5.30. The largest absolute Gasteiger partial charge is 0.497 e. The number of nitrogens with zero attached hydrogens (tertiary/aromatic N) is 2. The fourth-order valence-electron chi connectivity index (χ4n) is 4.30. The molecule has 2 aliphatic heterocycles. The molecule has 2 fully saturated rings. The second kappa shape index (κ2) is 7.33. The number of carbonyl (C=O) groups is 1. The van der Waals surface area contributed by atoms with Crippen molar-refractivity contribution in [2.45, 2.75) is 13.8 Å². The molecule has 2 saturated heterocycles. The van der Waals surface area contributed by atoms with Gasteiger partial charge >= 0.3 is 0 Å². The topological polar surface area (TPSA) is 46.5 Å². The summed E-state index contributed by atoms with van der Waals surface area (Å²) in [4.78, 5) is 15.1. The lowest BCUT2D eigenvalue weighted by Gasteiger charge is -2.18. The summed E-state index contributed by atoms with van der Waals surface area (Å²) in [6.45, 7) is 7.92. The minimum Gasteiger partial charge on any atom is -0.497 e. The molecular weight excluding hydrogens is 350 g/mol. The van der Waals surface area contributed by atoms with Crippen LogP contribution < -0.4 is 10.1 Å². The van der Waals surface area contributed by atoms with Gasteiger partial charge in [0.25, 0.3) is 5.91 Å². The van der Waals surface area contributed by atoms with Gasteiger partial charge in [0.1, 0.15) is 5.75 Å². The first kappa shape index (κ1) is 18.8. The average Bonchev–Trinajstić information content (AvgIpc) is 3.28. The summed E-state index contributed by atoms with van der Waals surface area (Å²) < 4.78 is 7.38. The number of amides is 1. The average molecular weight is 376 g/mol. The van der Waals surface area contributed by atoms with Gasteiger partial charge in [-0.25, -0.2) is 0 Å². The number of ether oxygens (including phenoxy) is 1. The van der Waals surface area contributed by atoms with Crippen LogP contribution in [0, 0.1) is 25.7 Å². The Balaban J connectivity index is 0.00000196. The zero-order valence-corrected chi connectivity index (χ0v) is 16.3. The zero-order chi connectivity index (χ0) is 17.6. The number of nitrogens with one attached hydrogen (secondary N) is 1. The minimum atomic E-state index is 0. The van der Waals surface area contributed by atoms with Crippen molar-refractivity contribution in [2.75, 3.05) is 33.3 Å². The minimum absolute atomic E-state index is 0. The molecule has 3 heterocycles. The maximum atomic E-state index is 13.1. The van der Waals surface area contributed by atoms with Crippen LogP contribution in [-0.4, -0.2) is 48.7 Å². The van der Waals surface area contributed by atoms with Gasteiger partial charge in [-0.3, -0.25) is 4.79 Å². The maximum absolute atomic E-state index is 13.1. The van der Waals surface area contributed by atoms with Gasteiger partial charge in [0.2, 0.25) is 0 Å². The Morgan fingerprint density at radius 1 is 1.12 bits per heavy atom. The Bertz CT molecular complexity index is 788. The second-order valence-corrected chi connectivity index (χ2v) is 7.21. The zero-order valence-electron chi connectivity index (χ0n) is 15.5. The van der Waals surface area contributed by atoms with Crippen LogP contribution in [0.15, 0.2) is 30.3 Å². The van der Waals surface area contributed by atoms with E-state index < -0.39 is 0 Å². The first-order valence-electron chi connectivity index (χ1n) is 8.92. The summed E-state index contributed by atoms with van der Waals surface area (Å²) in [5.41, 5.74) is 3.95. The molecular formula is C20H26ClN3O2. The standard InChI is InChI=1S/C20H25N3O2.ClH/c1-13-8-19(20(24)22-11-15-9-21-10-16(15)12-22)14(2)23(13)17-4-6-18(25-3)7-5-17;/h4-8,15-16,21H,9-12H2,1-3H3;1H/t15-,16+;. The molecule has 0 saturated carbocycles. The Morgan fingerprint density at radius 2 is 1.73 bits per heavy atom. The third-order valence-corrected chi connectivity index (χ3v) is 5.67. The summed E-state index contributed by atoms with van der Waals surface area (Å²) in [6.07, 6.45) is 0. The van der Waals surface area contributed by atoms with E-state index in [1.807, 2.05) is 42.2 Å². The normalized spacial score (nSPS) is 21.4. The van der Waals surface area contributed by atoms with Crippen LogP contribution in [0.1, 0.15) is 21.7 Å². The third kappa shape index (κ3) is 3.10. The lowest BCUT2D eigenvalue weighted by molar-refractivity contribution is 0.0781. The summed E-state index contributed by atoms with van der Waals surface area (Å²) in [6, 6.07) is 9.97. The van der Waals surface area contributed by atoms with Crippen LogP contribution in [0.5, 0.6) is 5.75 Å². The van der Waals surface area contributed by atoms with E-state index in [9.17, 15) is 4.79 Å². The first-order chi connectivity index (χ1) is 12.1. The smallest absolute Gasteiger partial charge is 0.255 e. The summed E-state index contributed by atoms with van der Waals surface area (Å²) in [5.74, 6) is 2.24. The molecule has 1 amide bonds. The lowest BCUT2D eigenvalue weighted by Crippen LogP contribution is -2.32. The van der Waals surface area contributed by atoms with Crippen molar-refractivity contribution in [1.82, 2.24) is 14.8 Å². The summed E-state index contributed by atoms with van der Waals surface area (Å²) >= 11 is 0. The van der Waals surface area contributed by atoms with E-state index in [1.54, 1.807) is 7.11 Å². The molecule has 4 rings (SSSR count). The van der Waals surface area contributed by atoms with Gasteiger partial charge in [0, 0.05) is 43.3 Å². The van der Waals surface area contributed by atoms with Gasteiger partial charge in [-0.1, -0.05) is 0 Å². The first-order valence-corrected chi connectivity index (χ1v) is 8.92. The van der Waals surface area contributed by atoms with E-state index in [2.05, 4.69) is 16.8 Å². The number of hydrogen-bond acceptors (Lipinski definition) is 3. The molecule has 140 valence electrons. The van der Waals surface area contributed by atoms with Gasteiger partial charge in [-0.15, -0.1) is 12.4 Å². The Hall–Kier alpha value is -1.98. The summed E-state index contributed by atoms with van der Waals surface area (Å²) in [5, 5.41) is 3.43. The predicted octanol–water partition coefficient (Wildman–Crippen LogP) is 2.82. The third-order valence-electron chi connectivity index (χ3n) is 5.67. The number of aromatic nitrogens is 1. The fourth-order valence-corrected chi connectivity index (χ4v) is 4.30. The molecule has 1 aromatic heterocycles. The number of rotatable bonds is 3. The van der Waals surface area contributed by atoms with Crippen LogP contribution in [-0.2, 0) is 0 Å². The molecule has 2 aliphatic rings. The molecule has 1 aromatic carbocycles. The van der Waals surface area contributed by atoms with Crippen molar-refractivity contribution >= 4 is 18.3 Å². The van der Waals surface area contributed by atoms with E-state index >= 15 is 0 Å². The number of halogens is 1. The number of hydrogen-bond donors (Lipinski definition) is 1. The molecule has 5 nitrogen and oxygen atoms in total. The SMILES string of the molecule is COc1ccc(-n2c(C)cc(C(=O)N3C[C@H]4CNC[C@H]4C3)c2C)cc1.Cl. The number of methoxy groups -OCH3 is 1. The molecule has 0 aliphatic carbocycles. The van der Waals surface area contributed by atoms with Crippen molar-refractivity contribution < 1.29 is 9.53 Å². The molecule has 0 spiro atoms. The molecule has 0 radical (unpaired) electrons. The maximum Gasteiger partial charge on any atom is 0.255 e. The molecule has 26 heavy (non-hydrogen) atoms. The monoisotopic (exact) mass is 375 g/mol. The number of carbonyl (C=O) groups excluding carboxylic acids is 1. The van der Waals surface area contributed by atoms with Crippen molar-refractivity contribution in [2.24, 2.45) is 11.8 Å². The molecule has 0 unspecified atom stereocenters. The van der Waals surface area contributed by atoms with E-state index in [0.717, 1.165) is 54.6 Å². The van der Waals surface area contributed by atoms with E-state index in [1.165, 1.54) is 0 Å². The van der Waals surface area contributed by atoms with Gasteiger partial charge < -0.3 is 19.5 Å². The molecule has 0 bridgehead atoms. The second-order valence-electron chi connectivity index (χ2n) is 7.21. The van der Waals surface area contributed by atoms with Crippen LogP contribution in [0.4, 0.5) is 0 Å². The van der Waals surface area contributed by atoms with Crippen molar-refractivity contribution in [3.63, 3.8) is 0 Å². The van der Waals surface area contributed by atoms with Crippen LogP contribution >= 0.6 is 12.4 Å². The number of benzene rings is 1. The van der Waals surface area contributed by atoms with Crippen molar-refractivity contribution in [3.05, 3.63) is 47.3 Å². The van der Waals surface area contributed by atoms with E-state index in [4.69, 9.17) is 4.74 Å². The van der Waals surface area contributed by atoms with Gasteiger partial charge in [0.05, 0.1) is 12.7 Å². The van der Waals surface area contributed by atoms with E-state index in [0.29, 0.717) is 11.8 Å². The predicted molar refractivity (Wildman–Crippen MR) is 105 cm³/mol. The highest BCUT2D eigenvalue weighted by Crippen LogP contribution is 2.29. The number of likely N-dealkylation sites (tertiary alicyclic amines) is 1. The molecule has 1 N–H and O–H groups in total. The van der Waals surface area contributed by atoms with Crippen LogP contribution in [0.3, 0.4) is 0 Å². The highest BCUT2D eigenvalue weighted by Gasteiger charge is 2.38. The highest BCUT2D eigenvalue weighted by molar-refractivity contribution is 5.96. The van der Waals surface area contributed by atoms with Gasteiger partial charge in [-0.2, -0.15) is 0 Å². The fraction of sp³-hybridized carbons (Fsp3) is 0.450. The summed E-state index contributed by atoms with van der Waals surface area (Å²) in [7, 11) is 1.67. The molecule has 2 aromatic rings. The Labute approximate surface area is 160 Å². The number of aryl methyl sites for hydroxylation is 1. The van der Waals surface area contributed by atoms with Crippen molar-refractivity contribution in [3.8, 4) is 11.4 Å². The Morgan fingerprint density at radius 3 is 2.31 bits per heavy atom. The van der Waals surface area contributed by atoms with Gasteiger partial charge in [0.15, 0.2) is 0 Å². The number of fused-ring (bicyclic) bond motifs is 1.